The van der Waals surface area contributed by atoms with Gasteiger partial charge in [0.05, 0.1) is 0 Å². The minimum absolute atomic E-state index is 0.269. The van der Waals surface area contributed by atoms with Crippen LogP contribution in [-0.2, 0) is 17.1 Å². The lowest BCUT2D eigenvalue weighted by Gasteiger charge is -2.19. The Labute approximate surface area is 155 Å². The summed E-state index contributed by atoms with van der Waals surface area (Å²) in [5, 5.41) is 1.38. The van der Waals surface area contributed by atoms with Crippen LogP contribution in [-0.4, -0.2) is 40.6 Å². The highest BCUT2D eigenvalue weighted by Crippen LogP contribution is 2.45. The van der Waals surface area contributed by atoms with Crippen molar-refractivity contribution in [2.24, 2.45) is 18.9 Å². The lowest BCUT2D eigenvalue weighted by molar-refractivity contribution is 0.441. The Morgan fingerprint density at radius 2 is 1.88 bits per heavy atom. The molecule has 1 unspecified atom stereocenters. The molecule has 0 bridgehead atoms. The Balaban J connectivity index is 1.45. The first-order chi connectivity index (χ1) is 12.3. The first-order valence-corrected chi connectivity index (χ1v) is 10.8. The molecular weight excluding hydrogens is 380 g/mol. The van der Waals surface area contributed by atoms with Crippen LogP contribution in [0.3, 0.4) is 0 Å². The van der Waals surface area contributed by atoms with Crippen LogP contribution >= 0.6 is 11.8 Å². The summed E-state index contributed by atoms with van der Waals surface area (Å²) in [4.78, 5) is 3.88. The third-order valence-electron chi connectivity index (χ3n) is 5.24. The van der Waals surface area contributed by atoms with Crippen LogP contribution in [0.15, 0.2) is 40.6 Å². The van der Waals surface area contributed by atoms with E-state index in [2.05, 4.69) is 4.98 Å². The highest BCUT2D eigenvalue weighted by atomic mass is 32.2. The minimum Gasteiger partial charge on any atom is -0.329 e. The third kappa shape index (κ3) is 3.16. The number of sulfonamides is 1. The van der Waals surface area contributed by atoms with E-state index in [1.807, 2.05) is 17.8 Å². The van der Waals surface area contributed by atoms with Gasteiger partial charge in [0.1, 0.15) is 16.5 Å². The molecule has 1 saturated carbocycles. The number of aromatic nitrogens is 2. The molecule has 26 heavy (non-hydrogen) atoms. The molecule has 0 spiro atoms. The van der Waals surface area contributed by atoms with E-state index in [4.69, 9.17) is 0 Å². The smallest absolute Gasteiger partial charge is 0.246 e. The van der Waals surface area contributed by atoms with Crippen molar-refractivity contribution in [1.82, 2.24) is 13.9 Å². The number of benzene rings is 1. The average Bonchev–Trinajstić information content (AvgIpc) is 3.23. The van der Waals surface area contributed by atoms with Gasteiger partial charge in [0.2, 0.25) is 10.0 Å². The van der Waals surface area contributed by atoms with Crippen LogP contribution in [0.5, 0.6) is 0 Å². The van der Waals surface area contributed by atoms with Gasteiger partial charge < -0.3 is 4.57 Å². The zero-order valence-electron chi connectivity index (χ0n) is 14.2. The van der Waals surface area contributed by atoms with Crippen LogP contribution in [0.1, 0.15) is 12.8 Å². The number of aryl methyl sites for hydroxylation is 1. The molecule has 1 aromatic heterocycles. The minimum atomic E-state index is -3.93. The van der Waals surface area contributed by atoms with Gasteiger partial charge in [-0.3, -0.25) is 0 Å². The van der Waals surface area contributed by atoms with E-state index in [1.165, 1.54) is 4.31 Å². The van der Waals surface area contributed by atoms with Crippen molar-refractivity contribution in [1.29, 1.82) is 0 Å². The Hall–Kier alpha value is -1.45. The maximum Gasteiger partial charge on any atom is 0.246 e. The Morgan fingerprint density at radius 3 is 2.46 bits per heavy atom. The summed E-state index contributed by atoms with van der Waals surface area (Å²) < 4.78 is 55.8. The maximum atomic E-state index is 13.9. The fourth-order valence-electron chi connectivity index (χ4n) is 3.93. The van der Waals surface area contributed by atoms with Gasteiger partial charge in [-0.1, -0.05) is 11.8 Å². The van der Waals surface area contributed by atoms with Crippen molar-refractivity contribution in [3.05, 3.63) is 42.2 Å². The fourth-order valence-corrected chi connectivity index (χ4v) is 6.86. The standard InChI is InChI=1S/C17H19F2N3O2S2/c1-21-5-4-20-17(21)25-14-6-11-9-22(10-12(11)7-14)26(23,24)16-3-2-13(18)8-15(16)19/h2-5,8,11-12,14H,6-7,9-10H2,1H3/t11-,12+,14?. The second-order valence-corrected chi connectivity index (χ2v) is 10.1. The summed E-state index contributed by atoms with van der Waals surface area (Å²) in [6.07, 6.45) is 5.51. The highest BCUT2D eigenvalue weighted by molar-refractivity contribution is 7.99. The van der Waals surface area contributed by atoms with Crippen molar-refractivity contribution in [2.75, 3.05) is 13.1 Å². The number of imidazole rings is 1. The maximum absolute atomic E-state index is 13.9. The summed E-state index contributed by atoms with van der Waals surface area (Å²) in [5.74, 6) is -1.28. The van der Waals surface area contributed by atoms with Crippen molar-refractivity contribution in [2.45, 2.75) is 28.1 Å². The summed E-state index contributed by atoms with van der Waals surface area (Å²) >= 11 is 1.73. The van der Waals surface area contributed by atoms with E-state index in [9.17, 15) is 17.2 Å². The van der Waals surface area contributed by atoms with E-state index >= 15 is 0 Å². The Morgan fingerprint density at radius 1 is 1.19 bits per heavy atom. The molecule has 1 saturated heterocycles. The topological polar surface area (TPSA) is 55.2 Å². The van der Waals surface area contributed by atoms with Gasteiger partial charge in [0, 0.05) is 43.8 Å². The predicted molar refractivity (Wildman–Crippen MR) is 94.2 cm³/mol. The van der Waals surface area contributed by atoms with Gasteiger partial charge in [-0.15, -0.1) is 0 Å². The van der Waals surface area contributed by atoms with Gasteiger partial charge in [0.15, 0.2) is 5.16 Å². The molecule has 1 aliphatic carbocycles. The van der Waals surface area contributed by atoms with E-state index in [0.717, 1.165) is 30.1 Å². The molecular formula is C17H19F2N3O2S2. The van der Waals surface area contributed by atoms with Crippen LogP contribution in [0.25, 0.3) is 0 Å². The molecule has 0 N–H and O–H groups in total. The molecule has 2 heterocycles. The van der Waals surface area contributed by atoms with Crippen molar-refractivity contribution >= 4 is 21.8 Å². The zero-order valence-corrected chi connectivity index (χ0v) is 15.8. The lowest BCUT2D eigenvalue weighted by atomic mass is 10.0. The first kappa shape index (κ1) is 17.9. The van der Waals surface area contributed by atoms with E-state index in [0.29, 0.717) is 24.4 Å². The number of hydrogen-bond acceptors (Lipinski definition) is 4. The molecule has 4 rings (SSSR count). The quantitative estimate of drug-likeness (QED) is 0.793. The molecule has 0 radical (unpaired) electrons. The molecule has 2 aliphatic rings. The number of nitrogens with zero attached hydrogens (tertiary/aromatic N) is 3. The summed E-state index contributed by atoms with van der Waals surface area (Å²) in [7, 11) is -1.98. The summed E-state index contributed by atoms with van der Waals surface area (Å²) in [5.41, 5.74) is 0. The van der Waals surface area contributed by atoms with Crippen molar-refractivity contribution in [3.8, 4) is 0 Å². The first-order valence-electron chi connectivity index (χ1n) is 8.44. The number of rotatable bonds is 4. The predicted octanol–water partition coefficient (Wildman–Crippen LogP) is 2.89. The van der Waals surface area contributed by atoms with Crippen LogP contribution in [0, 0.1) is 23.5 Å². The Bertz CT molecular complexity index is 918. The van der Waals surface area contributed by atoms with Crippen LogP contribution in [0.4, 0.5) is 8.78 Å². The van der Waals surface area contributed by atoms with Crippen LogP contribution < -0.4 is 0 Å². The number of hydrogen-bond donors (Lipinski definition) is 0. The number of fused-ring (bicyclic) bond motifs is 1. The SMILES string of the molecule is Cn1ccnc1SC1C[C@@H]2CN(S(=O)(=O)c3ccc(F)cc3F)C[C@@H]2C1. The third-order valence-corrected chi connectivity index (χ3v) is 8.42. The molecule has 1 aromatic carbocycles. The molecule has 2 aromatic rings. The van der Waals surface area contributed by atoms with Gasteiger partial charge in [0.25, 0.3) is 0 Å². The largest absolute Gasteiger partial charge is 0.329 e. The van der Waals surface area contributed by atoms with Gasteiger partial charge in [-0.2, -0.15) is 4.31 Å². The Kier molecular flexibility index (Phi) is 4.56. The van der Waals surface area contributed by atoms with Gasteiger partial charge in [-0.05, 0) is 36.8 Å². The second kappa shape index (κ2) is 6.61. The molecule has 140 valence electrons. The summed E-state index contributed by atoms with van der Waals surface area (Å²) in [6, 6.07) is 2.60. The van der Waals surface area contributed by atoms with E-state index in [1.54, 1.807) is 18.0 Å². The normalized spacial score (nSPS) is 26.3. The molecule has 0 amide bonds. The average molecular weight is 399 g/mol. The molecule has 9 heteroatoms. The monoisotopic (exact) mass is 399 g/mol. The lowest BCUT2D eigenvalue weighted by Crippen LogP contribution is -2.31. The van der Waals surface area contributed by atoms with Gasteiger partial charge >= 0.3 is 0 Å². The fraction of sp³-hybridized carbons (Fsp3) is 0.471. The zero-order chi connectivity index (χ0) is 18.5. The summed E-state index contributed by atoms with van der Waals surface area (Å²) in [6.45, 7) is 0.781. The number of halogens is 2. The van der Waals surface area contributed by atoms with E-state index in [-0.39, 0.29) is 11.8 Å². The molecule has 1 aliphatic heterocycles. The number of thioether (sulfide) groups is 1. The van der Waals surface area contributed by atoms with Crippen molar-refractivity contribution < 1.29 is 17.2 Å². The second-order valence-electron chi connectivity index (χ2n) is 6.95. The molecule has 5 nitrogen and oxygen atoms in total. The molecule has 2 fully saturated rings. The van der Waals surface area contributed by atoms with Gasteiger partial charge in [-0.25, -0.2) is 22.2 Å². The van der Waals surface area contributed by atoms with E-state index < -0.39 is 26.6 Å². The van der Waals surface area contributed by atoms with Crippen molar-refractivity contribution in [3.63, 3.8) is 0 Å². The molecule has 3 atom stereocenters. The van der Waals surface area contributed by atoms with Crippen LogP contribution in [0.2, 0.25) is 0 Å². The highest BCUT2D eigenvalue weighted by Gasteiger charge is 2.45.